The van der Waals surface area contributed by atoms with Crippen LogP contribution in [0.5, 0.6) is 0 Å². The van der Waals surface area contributed by atoms with E-state index in [1.165, 1.54) is 0 Å². The average Bonchev–Trinajstić information content (AvgIpc) is 2.33. The highest BCUT2D eigenvalue weighted by atomic mass is 16.5. The van der Waals surface area contributed by atoms with E-state index in [0.29, 0.717) is 12.8 Å². The molecule has 0 aromatic heterocycles. The third-order valence-corrected chi connectivity index (χ3v) is 3.49. The molecular formula is C15H26O4. The van der Waals surface area contributed by atoms with Gasteiger partial charge in [-0.1, -0.05) is 32.8 Å². The van der Waals surface area contributed by atoms with Gasteiger partial charge in [0, 0.05) is 0 Å². The summed E-state index contributed by atoms with van der Waals surface area (Å²) in [5.74, 6) is -1.98. The van der Waals surface area contributed by atoms with Crippen LogP contribution in [0.4, 0.5) is 0 Å². The topological polar surface area (TPSA) is 63.6 Å². The second kappa shape index (κ2) is 8.73. The van der Waals surface area contributed by atoms with E-state index in [9.17, 15) is 14.7 Å². The monoisotopic (exact) mass is 270 g/mol. The molecule has 0 aromatic carbocycles. The van der Waals surface area contributed by atoms with E-state index < -0.39 is 17.4 Å². The zero-order chi connectivity index (χ0) is 14.9. The summed E-state index contributed by atoms with van der Waals surface area (Å²) in [6.45, 7) is 9.06. The normalized spacial score (nSPS) is 13.9. The summed E-state index contributed by atoms with van der Waals surface area (Å²) >= 11 is 0. The van der Waals surface area contributed by atoms with Crippen molar-refractivity contribution in [3.8, 4) is 0 Å². The predicted molar refractivity (Wildman–Crippen MR) is 74.8 cm³/mol. The van der Waals surface area contributed by atoms with E-state index in [-0.39, 0.29) is 12.5 Å². The zero-order valence-corrected chi connectivity index (χ0v) is 12.3. The molecule has 0 heterocycles. The highest BCUT2D eigenvalue weighted by molar-refractivity contribution is 5.99. The van der Waals surface area contributed by atoms with E-state index in [0.717, 1.165) is 19.3 Å². The van der Waals surface area contributed by atoms with Crippen LogP contribution >= 0.6 is 0 Å². The first-order valence-corrected chi connectivity index (χ1v) is 6.95. The summed E-state index contributed by atoms with van der Waals surface area (Å²) in [6, 6.07) is 0. The van der Waals surface area contributed by atoms with Gasteiger partial charge in [0.1, 0.15) is 0 Å². The van der Waals surface area contributed by atoms with Gasteiger partial charge >= 0.3 is 11.9 Å². The molecule has 0 radical (unpaired) electrons. The molecule has 0 aliphatic rings. The van der Waals surface area contributed by atoms with Crippen molar-refractivity contribution in [3.05, 3.63) is 12.7 Å². The maximum absolute atomic E-state index is 12.0. The Balaban J connectivity index is 4.78. The Morgan fingerprint density at radius 2 is 1.95 bits per heavy atom. The van der Waals surface area contributed by atoms with Crippen LogP contribution in [0.3, 0.4) is 0 Å². The molecule has 1 unspecified atom stereocenters. The molecule has 0 saturated carbocycles. The Labute approximate surface area is 115 Å². The van der Waals surface area contributed by atoms with Gasteiger partial charge in [-0.25, -0.2) is 0 Å². The minimum atomic E-state index is -1.41. The Bertz CT molecular complexity index is 309. The molecule has 1 atom stereocenters. The van der Waals surface area contributed by atoms with E-state index in [4.69, 9.17) is 4.74 Å². The summed E-state index contributed by atoms with van der Waals surface area (Å²) < 4.78 is 4.97. The highest BCUT2D eigenvalue weighted by Gasteiger charge is 2.49. The molecule has 4 heteroatoms. The SMILES string of the molecule is C=CCCCCCC(C(=O)O)(C(=O)OCC)C(C)C. The number of esters is 1. The number of unbranched alkanes of at least 4 members (excludes halogenated alkanes) is 3. The van der Waals surface area contributed by atoms with Crippen LogP contribution in [-0.2, 0) is 14.3 Å². The Kier molecular flexibility index (Phi) is 8.12. The molecule has 19 heavy (non-hydrogen) atoms. The molecule has 0 aliphatic heterocycles. The fourth-order valence-corrected chi connectivity index (χ4v) is 2.20. The maximum Gasteiger partial charge on any atom is 0.323 e. The van der Waals surface area contributed by atoms with Crippen molar-refractivity contribution >= 4 is 11.9 Å². The second-order valence-electron chi connectivity index (χ2n) is 5.04. The molecule has 0 rings (SSSR count). The van der Waals surface area contributed by atoms with Gasteiger partial charge in [-0.3, -0.25) is 9.59 Å². The van der Waals surface area contributed by atoms with Crippen molar-refractivity contribution in [2.75, 3.05) is 6.61 Å². The highest BCUT2D eigenvalue weighted by Crippen LogP contribution is 2.35. The van der Waals surface area contributed by atoms with Crippen molar-refractivity contribution in [3.63, 3.8) is 0 Å². The van der Waals surface area contributed by atoms with Crippen molar-refractivity contribution in [1.29, 1.82) is 0 Å². The molecule has 4 nitrogen and oxygen atoms in total. The number of ether oxygens (including phenoxy) is 1. The molecular weight excluding hydrogens is 244 g/mol. The number of carbonyl (C=O) groups excluding carboxylic acids is 1. The number of carboxylic acid groups (broad SMARTS) is 1. The van der Waals surface area contributed by atoms with Crippen molar-refractivity contribution in [2.24, 2.45) is 11.3 Å². The van der Waals surface area contributed by atoms with Crippen LogP contribution in [0.15, 0.2) is 12.7 Å². The van der Waals surface area contributed by atoms with Crippen molar-refractivity contribution in [2.45, 2.75) is 52.9 Å². The molecule has 0 spiro atoms. The van der Waals surface area contributed by atoms with Crippen LogP contribution in [0, 0.1) is 11.3 Å². The number of allylic oxidation sites excluding steroid dienone is 1. The molecule has 0 amide bonds. The van der Waals surface area contributed by atoms with Crippen molar-refractivity contribution < 1.29 is 19.4 Å². The van der Waals surface area contributed by atoms with Gasteiger partial charge in [-0.15, -0.1) is 6.58 Å². The molecule has 0 fully saturated rings. The smallest absolute Gasteiger partial charge is 0.323 e. The van der Waals surface area contributed by atoms with Gasteiger partial charge in [0.15, 0.2) is 5.41 Å². The van der Waals surface area contributed by atoms with E-state index >= 15 is 0 Å². The van der Waals surface area contributed by atoms with Gasteiger partial charge in [-0.05, 0) is 32.1 Å². The van der Waals surface area contributed by atoms with Crippen molar-refractivity contribution in [1.82, 2.24) is 0 Å². The Hall–Kier alpha value is -1.32. The summed E-state index contributed by atoms with van der Waals surface area (Å²) in [4.78, 5) is 23.6. The van der Waals surface area contributed by atoms with Gasteiger partial charge in [0.05, 0.1) is 6.61 Å². The Morgan fingerprint density at radius 1 is 1.32 bits per heavy atom. The lowest BCUT2D eigenvalue weighted by Crippen LogP contribution is -2.45. The fourth-order valence-electron chi connectivity index (χ4n) is 2.20. The summed E-state index contributed by atoms with van der Waals surface area (Å²) in [6.07, 6.45) is 5.67. The third-order valence-electron chi connectivity index (χ3n) is 3.49. The van der Waals surface area contributed by atoms with Crippen LogP contribution in [-0.4, -0.2) is 23.7 Å². The second-order valence-corrected chi connectivity index (χ2v) is 5.04. The number of carbonyl (C=O) groups is 2. The summed E-state index contributed by atoms with van der Waals surface area (Å²) in [5, 5.41) is 9.48. The number of carboxylic acids is 1. The average molecular weight is 270 g/mol. The van der Waals surface area contributed by atoms with E-state index in [2.05, 4.69) is 6.58 Å². The Morgan fingerprint density at radius 3 is 2.37 bits per heavy atom. The molecule has 0 bridgehead atoms. The third kappa shape index (κ3) is 4.69. The number of hydrogen-bond acceptors (Lipinski definition) is 3. The minimum Gasteiger partial charge on any atom is -0.480 e. The molecule has 0 aromatic rings. The molecule has 0 aliphatic carbocycles. The van der Waals surface area contributed by atoms with Gasteiger partial charge in [-0.2, -0.15) is 0 Å². The molecule has 1 N–H and O–H groups in total. The van der Waals surface area contributed by atoms with Gasteiger partial charge in [0.2, 0.25) is 0 Å². The standard InChI is InChI=1S/C15H26O4/c1-5-7-8-9-10-11-15(12(3)4,13(16)17)14(18)19-6-2/h5,12H,1,6-11H2,2-4H3,(H,16,17). The molecule has 0 saturated heterocycles. The summed E-state index contributed by atoms with van der Waals surface area (Å²) in [5.41, 5.74) is -1.41. The number of aliphatic carboxylic acids is 1. The van der Waals surface area contributed by atoms with E-state index in [1.807, 2.05) is 6.08 Å². The fraction of sp³-hybridized carbons (Fsp3) is 0.733. The largest absolute Gasteiger partial charge is 0.480 e. The number of rotatable bonds is 10. The van der Waals surface area contributed by atoms with Crippen LogP contribution in [0.25, 0.3) is 0 Å². The maximum atomic E-state index is 12.0. The first-order chi connectivity index (χ1) is 8.93. The quantitative estimate of drug-likeness (QED) is 0.286. The minimum absolute atomic E-state index is 0.205. The summed E-state index contributed by atoms with van der Waals surface area (Å²) in [7, 11) is 0. The first-order valence-electron chi connectivity index (χ1n) is 6.95. The predicted octanol–water partition coefficient (Wildman–Crippen LogP) is 3.41. The lowest BCUT2D eigenvalue weighted by molar-refractivity contribution is -0.173. The van der Waals surface area contributed by atoms with Gasteiger partial charge < -0.3 is 9.84 Å². The molecule has 110 valence electrons. The van der Waals surface area contributed by atoms with E-state index in [1.54, 1.807) is 20.8 Å². The van der Waals surface area contributed by atoms with Gasteiger partial charge in [0.25, 0.3) is 0 Å². The zero-order valence-electron chi connectivity index (χ0n) is 12.3. The van der Waals surface area contributed by atoms with Crippen LogP contribution in [0.1, 0.15) is 52.9 Å². The van der Waals surface area contributed by atoms with Crippen LogP contribution < -0.4 is 0 Å². The lowest BCUT2D eigenvalue weighted by Gasteiger charge is -2.30. The first kappa shape index (κ1) is 17.7. The number of hydrogen-bond donors (Lipinski definition) is 1. The van der Waals surface area contributed by atoms with Crippen LogP contribution in [0.2, 0.25) is 0 Å². The lowest BCUT2D eigenvalue weighted by atomic mass is 9.73.